The van der Waals surface area contributed by atoms with Crippen LogP contribution in [0.5, 0.6) is 0 Å². The molecule has 1 unspecified atom stereocenters. The first-order valence-electron chi connectivity index (χ1n) is 5.72. The zero-order valence-corrected chi connectivity index (χ0v) is 11.2. The summed E-state index contributed by atoms with van der Waals surface area (Å²) in [5.41, 5.74) is -0.140. The van der Waals surface area contributed by atoms with E-state index in [0.29, 0.717) is 0 Å². The Morgan fingerprint density at radius 3 is 2.75 bits per heavy atom. The fraction of sp³-hybridized carbons (Fsp3) is 0.909. The normalized spacial score (nSPS) is 19.9. The van der Waals surface area contributed by atoms with Gasteiger partial charge in [-0.05, 0) is 19.6 Å². The lowest BCUT2D eigenvalue weighted by Gasteiger charge is -2.38. The van der Waals surface area contributed by atoms with Gasteiger partial charge in [-0.2, -0.15) is 11.8 Å². The van der Waals surface area contributed by atoms with E-state index in [-0.39, 0.29) is 24.2 Å². The minimum absolute atomic E-state index is 0.00553. The van der Waals surface area contributed by atoms with Crippen LogP contribution in [0.4, 0.5) is 0 Å². The summed E-state index contributed by atoms with van der Waals surface area (Å²) in [5, 5.41) is 6.12. The lowest BCUT2D eigenvalue weighted by atomic mass is 10.0. The second-order valence-electron chi connectivity index (χ2n) is 4.47. The van der Waals surface area contributed by atoms with Crippen LogP contribution < -0.4 is 10.6 Å². The molecule has 1 aliphatic heterocycles. The molecule has 0 radical (unpaired) electrons. The Labute approximate surface area is 102 Å². The number of thioether (sulfide) groups is 1. The number of carbonyl (C=O) groups excluding carboxylic acids is 1. The SMILES string of the molecule is CCC(CSC)NC(=O)COC1(C)CNC1. The zero-order chi connectivity index (χ0) is 12.0. The Hall–Kier alpha value is -0.260. The molecule has 1 fully saturated rings. The molecule has 1 saturated heterocycles. The van der Waals surface area contributed by atoms with Crippen molar-refractivity contribution in [2.24, 2.45) is 0 Å². The first kappa shape index (κ1) is 13.8. The predicted octanol–water partition coefficient (Wildman–Crippen LogP) is 0.623. The molecule has 1 heterocycles. The van der Waals surface area contributed by atoms with Gasteiger partial charge in [0, 0.05) is 24.9 Å². The second-order valence-corrected chi connectivity index (χ2v) is 5.38. The van der Waals surface area contributed by atoms with Gasteiger partial charge in [-0.15, -0.1) is 0 Å². The van der Waals surface area contributed by atoms with Crippen LogP contribution in [0.2, 0.25) is 0 Å². The van der Waals surface area contributed by atoms with E-state index in [4.69, 9.17) is 4.74 Å². The van der Waals surface area contributed by atoms with Crippen LogP contribution >= 0.6 is 11.8 Å². The Bertz CT molecular complexity index is 232. The molecule has 4 nitrogen and oxygen atoms in total. The Morgan fingerprint density at radius 2 is 2.31 bits per heavy atom. The topological polar surface area (TPSA) is 50.4 Å². The van der Waals surface area contributed by atoms with Crippen LogP contribution in [0.3, 0.4) is 0 Å². The molecule has 1 rings (SSSR count). The summed E-state index contributed by atoms with van der Waals surface area (Å²) >= 11 is 1.75. The molecule has 0 bridgehead atoms. The molecule has 2 N–H and O–H groups in total. The van der Waals surface area contributed by atoms with Crippen LogP contribution in [0.1, 0.15) is 20.3 Å². The average molecular weight is 246 g/mol. The molecule has 1 atom stereocenters. The van der Waals surface area contributed by atoms with Crippen LogP contribution in [-0.2, 0) is 9.53 Å². The number of hydrogen-bond donors (Lipinski definition) is 2. The summed E-state index contributed by atoms with van der Waals surface area (Å²) in [7, 11) is 0. The van der Waals surface area contributed by atoms with Crippen molar-refractivity contribution in [1.82, 2.24) is 10.6 Å². The van der Waals surface area contributed by atoms with Gasteiger partial charge in [0.05, 0.1) is 5.60 Å². The number of carbonyl (C=O) groups is 1. The Kier molecular flexibility index (Phi) is 5.58. The number of hydrogen-bond acceptors (Lipinski definition) is 4. The van der Waals surface area contributed by atoms with Gasteiger partial charge in [0.25, 0.3) is 0 Å². The summed E-state index contributed by atoms with van der Waals surface area (Å²) in [5.74, 6) is 0.954. The second kappa shape index (κ2) is 6.47. The first-order valence-corrected chi connectivity index (χ1v) is 7.12. The molecule has 1 amide bonds. The Balaban J connectivity index is 2.18. The zero-order valence-electron chi connectivity index (χ0n) is 10.3. The minimum atomic E-state index is -0.140. The molecule has 16 heavy (non-hydrogen) atoms. The van der Waals surface area contributed by atoms with Gasteiger partial charge in [0.1, 0.15) is 6.61 Å². The van der Waals surface area contributed by atoms with Crippen molar-refractivity contribution in [3.63, 3.8) is 0 Å². The largest absolute Gasteiger partial charge is 0.363 e. The number of amides is 1. The van der Waals surface area contributed by atoms with E-state index in [1.165, 1.54) is 0 Å². The molecule has 1 aliphatic rings. The molecule has 0 aromatic heterocycles. The maximum Gasteiger partial charge on any atom is 0.246 e. The van der Waals surface area contributed by atoms with E-state index < -0.39 is 0 Å². The summed E-state index contributed by atoms with van der Waals surface area (Å²) in [6.45, 7) is 5.95. The van der Waals surface area contributed by atoms with Gasteiger partial charge in [-0.3, -0.25) is 4.79 Å². The third-order valence-corrected chi connectivity index (χ3v) is 3.51. The quantitative estimate of drug-likeness (QED) is 0.691. The highest BCUT2D eigenvalue weighted by molar-refractivity contribution is 7.98. The highest BCUT2D eigenvalue weighted by Gasteiger charge is 2.33. The van der Waals surface area contributed by atoms with Crippen LogP contribution in [0.15, 0.2) is 0 Å². The van der Waals surface area contributed by atoms with Crippen molar-refractivity contribution in [2.45, 2.75) is 31.9 Å². The van der Waals surface area contributed by atoms with Crippen molar-refractivity contribution in [1.29, 1.82) is 0 Å². The molecule has 0 aliphatic carbocycles. The summed E-state index contributed by atoms with van der Waals surface area (Å²) in [6.07, 6.45) is 3.01. The fourth-order valence-electron chi connectivity index (χ4n) is 1.55. The van der Waals surface area contributed by atoms with Crippen molar-refractivity contribution in [3.8, 4) is 0 Å². The van der Waals surface area contributed by atoms with Crippen LogP contribution in [0, 0.1) is 0 Å². The molecule has 0 aromatic rings. The van der Waals surface area contributed by atoms with Gasteiger partial charge >= 0.3 is 0 Å². The monoisotopic (exact) mass is 246 g/mol. The lowest BCUT2D eigenvalue weighted by molar-refractivity contribution is -0.136. The maximum atomic E-state index is 11.6. The number of ether oxygens (including phenoxy) is 1. The third kappa shape index (κ3) is 4.31. The molecule has 0 spiro atoms. The van der Waals surface area contributed by atoms with Crippen molar-refractivity contribution in [2.75, 3.05) is 31.7 Å². The molecule has 0 aromatic carbocycles. The molecular weight excluding hydrogens is 224 g/mol. The fourth-order valence-corrected chi connectivity index (χ4v) is 2.27. The van der Waals surface area contributed by atoms with Gasteiger partial charge in [0.2, 0.25) is 5.91 Å². The van der Waals surface area contributed by atoms with E-state index in [0.717, 1.165) is 25.3 Å². The van der Waals surface area contributed by atoms with E-state index in [1.807, 2.05) is 13.2 Å². The molecule has 5 heteroatoms. The van der Waals surface area contributed by atoms with E-state index in [1.54, 1.807) is 11.8 Å². The molecule has 0 saturated carbocycles. The molecule has 94 valence electrons. The third-order valence-electron chi connectivity index (χ3n) is 2.78. The van der Waals surface area contributed by atoms with Crippen molar-refractivity contribution in [3.05, 3.63) is 0 Å². The van der Waals surface area contributed by atoms with Gasteiger partial charge in [-0.25, -0.2) is 0 Å². The van der Waals surface area contributed by atoms with Gasteiger partial charge in [0.15, 0.2) is 0 Å². The highest BCUT2D eigenvalue weighted by atomic mass is 32.2. The van der Waals surface area contributed by atoms with Crippen LogP contribution in [0.25, 0.3) is 0 Å². The summed E-state index contributed by atoms with van der Waals surface area (Å²) in [4.78, 5) is 11.6. The molecular formula is C11H22N2O2S. The highest BCUT2D eigenvalue weighted by Crippen LogP contribution is 2.14. The maximum absolute atomic E-state index is 11.6. The average Bonchev–Trinajstić information content (AvgIpc) is 2.23. The van der Waals surface area contributed by atoms with Crippen molar-refractivity contribution < 1.29 is 9.53 Å². The van der Waals surface area contributed by atoms with Gasteiger partial charge in [-0.1, -0.05) is 6.92 Å². The van der Waals surface area contributed by atoms with E-state index in [9.17, 15) is 4.79 Å². The Morgan fingerprint density at radius 1 is 1.62 bits per heavy atom. The standard InChI is InChI=1S/C11H22N2O2S/c1-4-9(6-16-3)13-10(14)5-15-11(2)7-12-8-11/h9,12H,4-8H2,1-3H3,(H,13,14). The number of nitrogens with one attached hydrogen (secondary N) is 2. The lowest BCUT2D eigenvalue weighted by Crippen LogP contribution is -2.59. The van der Waals surface area contributed by atoms with Crippen LogP contribution in [-0.4, -0.2) is 49.3 Å². The van der Waals surface area contributed by atoms with E-state index in [2.05, 4.69) is 17.6 Å². The minimum Gasteiger partial charge on any atom is -0.363 e. The number of rotatable bonds is 7. The van der Waals surface area contributed by atoms with E-state index >= 15 is 0 Å². The predicted molar refractivity (Wildman–Crippen MR) is 67.8 cm³/mol. The summed E-state index contributed by atoms with van der Waals surface area (Å²) < 4.78 is 5.57. The van der Waals surface area contributed by atoms with Crippen molar-refractivity contribution >= 4 is 17.7 Å². The van der Waals surface area contributed by atoms with Gasteiger partial charge < -0.3 is 15.4 Å². The first-order chi connectivity index (χ1) is 7.59. The smallest absolute Gasteiger partial charge is 0.246 e. The summed E-state index contributed by atoms with van der Waals surface area (Å²) in [6, 6.07) is 0.262.